The topological polar surface area (TPSA) is 111 Å². The maximum atomic E-state index is 11.8. The molecule has 0 aliphatic heterocycles. The standard InChI is InChI=1S/C19H28N2O6/c1-11(22)20-15(17(24)26-5)8-7-13-9-14(19(13,3)4)10-16(18(25)27-6)21-12(2)23/h8,10,13-14H,7,9H2,1-6H3,(H,20,22)(H,21,23)/b15-8-,16-10-/t13-,14-/m1/s1. The molecule has 0 aromatic carbocycles. The Kier molecular flexibility index (Phi) is 7.75. The summed E-state index contributed by atoms with van der Waals surface area (Å²) in [6.07, 6.45) is 4.71. The lowest BCUT2D eigenvalue weighted by Crippen LogP contribution is -2.44. The van der Waals surface area contributed by atoms with Crippen molar-refractivity contribution < 1.29 is 28.7 Å². The monoisotopic (exact) mass is 380 g/mol. The maximum absolute atomic E-state index is 11.8. The molecule has 0 unspecified atom stereocenters. The summed E-state index contributed by atoms with van der Waals surface area (Å²) in [5, 5.41) is 4.98. The van der Waals surface area contributed by atoms with Gasteiger partial charge in [0.1, 0.15) is 11.4 Å². The summed E-state index contributed by atoms with van der Waals surface area (Å²) in [4.78, 5) is 46.1. The van der Waals surface area contributed by atoms with Crippen LogP contribution in [0.1, 0.15) is 40.5 Å². The number of allylic oxidation sites excluding steroid dienone is 2. The molecular formula is C19H28N2O6. The van der Waals surface area contributed by atoms with E-state index >= 15 is 0 Å². The average Bonchev–Trinajstić information content (AvgIpc) is 2.59. The first-order valence-electron chi connectivity index (χ1n) is 8.66. The van der Waals surface area contributed by atoms with E-state index in [-0.39, 0.29) is 40.5 Å². The second kappa shape index (κ2) is 9.34. The van der Waals surface area contributed by atoms with Gasteiger partial charge in [-0.1, -0.05) is 19.9 Å². The van der Waals surface area contributed by atoms with Crippen LogP contribution in [-0.2, 0) is 28.7 Å². The minimum Gasteiger partial charge on any atom is -0.464 e. The molecule has 1 saturated carbocycles. The van der Waals surface area contributed by atoms with Gasteiger partial charge in [-0.15, -0.1) is 0 Å². The Morgan fingerprint density at radius 1 is 0.963 bits per heavy atom. The first kappa shape index (κ1) is 22.4. The molecule has 0 spiro atoms. The Morgan fingerprint density at radius 3 is 1.89 bits per heavy atom. The van der Waals surface area contributed by atoms with Crippen molar-refractivity contribution in [2.24, 2.45) is 17.3 Å². The third-order valence-corrected chi connectivity index (χ3v) is 4.95. The first-order chi connectivity index (χ1) is 12.5. The molecule has 1 rings (SSSR count). The van der Waals surface area contributed by atoms with Gasteiger partial charge in [-0.25, -0.2) is 9.59 Å². The number of carbonyl (C=O) groups excluding carboxylic acids is 4. The molecule has 27 heavy (non-hydrogen) atoms. The highest BCUT2D eigenvalue weighted by atomic mass is 16.5. The molecule has 0 aromatic heterocycles. The van der Waals surface area contributed by atoms with Crippen molar-refractivity contribution in [2.75, 3.05) is 14.2 Å². The van der Waals surface area contributed by atoms with Crippen LogP contribution in [-0.4, -0.2) is 38.0 Å². The zero-order valence-corrected chi connectivity index (χ0v) is 16.7. The smallest absolute Gasteiger partial charge is 0.354 e. The summed E-state index contributed by atoms with van der Waals surface area (Å²) < 4.78 is 9.38. The van der Waals surface area contributed by atoms with Gasteiger partial charge in [-0.05, 0) is 36.2 Å². The molecule has 0 saturated heterocycles. The van der Waals surface area contributed by atoms with E-state index in [1.54, 1.807) is 12.2 Å². The molecule has 0 bridgehead atoms. The molecule has 1 aliphatic carbocycles. The largest absolute Gasteiger partial charge is 0.464 e. The fourth-order valence-corrected chi connectivity index (χ4v) is 3.15. The minimum absolute atomic E-state index is 0.0548. The number of hydrogen-bond acceptors (Lipinski definition) is 6. The molecule has 0 heterocycles. The van der Waals surface area contributed by atoms with Crippen molar-refractivity contribution in [3.63, 3.8) is 0 Å². The predicted molar refractivity (Wildman–Crippen MR) is 97.8 cm³/mol. The Morgan fingerprint density at radius 2 is 1.44 bits per heavy atom. The molecule has 2 N–H and O–H groups in total. The number of ether oxygens (including phenoxy) is 2. The summed E-state index contributed by atoms with van der Waals surface area (Å²) in [7, 11) is 2.51. The number of amides is 2. The number of methoxy groups -OCH3 is 2. The quantitative estimate of drug-likeness (QED) is 0.510. The van der Waals surface area contributed by atoms with Crippen LogP contribution < -0.4 is 10.6 Å². The normalized spacial score (nSPS) is 21.6. The number of rotatable bonds is 7. The number of hydrogen-bond donors (Lipinski definition) is 2. The lowest BCUT2D eigenvalue weighted by atomic mass is 9.53. The van der Waals surface area contributed by atoms with E-state index in [1.165, 1.54) is 28.1 Å². The zero-order valence-electron chi connectivity index (χ0n) is 16.7. The van der Waals surface area contributed by atoms with Gasteiger partial charge in [0.05, 0.1) is 14.2 Å². The molecule has 1 aliphatic rings. The van der Waals surface area contributed by atoms with Gasteiger partial charge >= 0.3 is 11.9 Å². The third kappa shape index (κ3) is 5.94. The van der Waals surface area contributed by atoms with Crippen molar-refractivity contribution in [1.29, 1.82) is 0 Å². The van der Waals surface area contributed by atoms with Crippen LogP contribution in [0.4, 0.5) is 0 Å². The molecular weight excluding hydrogens is 352 g/mol. The predicted octanol–water partition coefficient (Wildman–Crippen LogP) is 1.42. The van der Waals surface area contributed by atoms with Gasteiger partial charge in [0.25, 0.3) is 0 Å². The molecule has 0 radical (unpaired) electrons. The van der Waals surface area contributed by atoms with Crippen molar-refractivity contribution in [2.45, 2.75) is 40.5 Å². The highest BCUT2D eigenvalue weighted by Crippen LogP contribution is 2.54. The molecule has 8 nitrogen and oxygen atoms in total. The lowest BCUT2D eigenvalue weighted by molar-refractivity contribution is -0.138. The Labute approximate surface area is 159 Å². The summed E-state index contributed by atoms with van der Waals surface area (Å²) in [6, 6.07) is 0. The maximum Gasteiger partial charge on any atom is 0.354 e. The van der Waals surface area contributed by atoms with Crippen LogP contribution in [0.5, 0.6) is 0 Å². The van der Waals surface area contributed by atoms with Gasteiger partial charge in [0.15, 0.2) is 0 Å². The van der Waals surface area contributed by atoms with Crippen LogP contribution in [0.25, 0.3) is 0 Å². The lowest BCUT2D eigenvalue weighted by Gasteiger charge is -2.51. The molecule has 2 amide bonds. The highest BCUT2D eigenvalue weighted by molar-refractivity contribution is 5.93. The molecule has 2 atom stereocenters. The number of carbonyl (C=O) groups is 4. The van der Waals surface area contributed by atoms with E-state index < -0.39 is 11.9 Å². The Bertz CT molecular complexity index is 678. The fourth-order valence-electron chi connectivity index (χ4n) is 3.15. The molecule has 8 heteroatoms. The summed E-state index contributed by atoms with van der Waals surface area (Å²) in [6.45, 7) is 6.75. The SMILES string of the molecule is COC(=O)/C(=C/C[C@@H]1C[C@H](/C=C(\NC(C)=O)C(=O)OC)C1(C)C)NC(C)=O. The second-order valence-electron chi connectivity index (χ2n) is 7.14. The molecule has 150 valence electrons. The van der Waals surface area contributed by atoms with E-state index in [2.05, 4.69) is 29.2 Å². The van der Waals surface area contributed by atoms with E-state index in [0.29, 0.717) is 6.42 Å². The van der Waals surface area contributed by atoms with Gasteiger partial charge in [-0.2, -0.15) is 0 Å². The van der Waals surface area contributed by atoms with Crippen LogP contribution in [0.15, 0.2) is 23.5 Å². The third-order valence-electron chi connectivity index (χ3n) is 4.95. The fraction of sp³-hybridized carbons (Fsp3) is 0.579. The van der Waals surface area contributed by atoms with Crippen LogP contribution >= 0.6 is 0 Å². The zero-order chi connectivity index (χ0) is 20.8. The van der Waals surface area contributed by atoms with Crippen LogP contribution in [0.2, 0.25) is 0 Å². The summed E-state index contributed by atoms with van der Waals surface area (Å²) in [5.74, 6) is -1.61. The van der Waals surface area contributed by atoms with Gasteiger partial charge < -0.3 is 20.1 Å². The second-order valence-corrected chi connectivity index (χ2v) is 7.14. The Hall–Kier alpha value is -2.64. The van der Waals surface area contributed by atoms with Crippen molar-refractivity contribution >= 4 is 23.8 Å². The molecule has 0 aromatic rings. The van der Waals surface area contributed by atoms with Crippen molar-refractivity contribution in [3.05, 3.63) is 23.5 Å². The minimum atomic E-state index is -0.600. The Balaban J connectivity index is 2.89. The number of nitrogens with one attached hydrogen (secondary N) is 2. The summed E-state index contributed by atoms with van der Waals surface area (Å²) in [5.41, 5.74) is 0.0740. The van der Waals surface area contributed by atoms with Crippen LogP contribution in [0, 0.1) is 17.3 Å². The van der Waals surface area contributed by atoms with Crippen molar-refractivity contribution in [3.8, 4) is 0 Å². The van der Waals surface area contributed by atoms with E-state index in [0.717, 1.165) is 6.42 Å². The summed E-state index contributed by atoms with van der Waals surface area (Å²) >= 11 is 0. The van der Waals surface area contributed by atoms with Crippen molar-refractivity contribution in [1.82, 2.24) is 10.6 Å². The van der Waals surface area contributed by atoms with Gasteiger partial charge in [-0.3, -0.25) is 9.59 Å². The first-order valence-corrected chi connectivity index (χ1v) is 8.66. The average molecular weight is 380 g/mol. The highest BCUT2D eigenvalue weighted by Gasteiger charge is 2.46. The van der Waals surface area contributed by atoms with Gasteiger partial charge in [0.2, 0.25) is 11.8 Å². The van der Waals surface area contributed by atoms with E-state index in [4.69, 9.17) is 4.74 Å². The van der Waals surface area contributed by atoms with Crippen LogP contribution in [0.3, 0.4) is 0 Å². The van der Waals surface area contributed by atoms with E-state index in [9.17, 15) is 19.2 Å². The van der Waals surface area contributed by atoms with E-state index in [1.807, 2.05) is 0 Å². The molecule has 1 fully saturated rings. The number of esters is 2. The van der Waals surface area contributed by atoms with Gasteiger partial charge in [0, 0.05) is 13.8 Å².